The molecule has 240 valence electrons. The second-order valence-electron chi connectivity index (χ2n) is 14.3. The van der Waals surface area contributed by atoms with Gasteiger partial charge in [-0.2, -0.15) is 10.5 Å². The van der Waals surface area contributed by atoms with Crippen LogP contribution in [-0.4, -0.2) is 54.7 Å². The Morgan fingerprint density at radius 3 is 1.24 bits per heavy atom. The van der Waals surface area contributed by atoms with Gasteiger partial charge in [-0.05, 0) is 125 Å². The molecular formula is C32H43B3Br2N2O6. The third-order valence-electron chi connectivity index (χ3n) is 9.29. The summed E-state index contributed by atoms with van der Waals surface area (Å²) >= 11 is 6.65. The maximum Gasteiger partial charge on any atom is 0.494 e. The van der Waals surface area contributed by atoms with Crippen molar-refractivity contribution in [3.63, 3.8) is 0 Å². The van der Waals surface area contributed by atoms with Gasteiger partial charge < -0.3 is 27.9 Å². The first kappa shape index (κ1) is 37.8. The molecule has 2 aromatic carbocycles. The van der Waals surface area contributed by atoms with Crippen molar-refractivity contribution < 1.29 is 27.9 Å². The van der Waals surface area contributed by atoms with E-state index in [2.05, 4.69) is 37.9 Å². The normalized spacial score (nSPS) is 22.8. The Morgan fingerprint density at radius 2 is 0.889 bits per heavy atom. The van der Waals surface area contributed by atoms with Crippen molar-refractivity contribution in [2.24, 2.45) is 0 Å². The lowest BCUT2D eigenvalue weighted by Gasteiger charge is -2.32. The highest BCUT2D eigenvalue weighted by Gasteiger charge is 2.63. The summed E-state index contributed by atoms with van der Waals surface area (Å²) in [4.78, 5) is 0. The average molecular weight is 744 g/mol. The molecule has 0 aliphatic carbocycles. The SMILES string of the molecule is CC1(C)OB(B2OC(C)(C)C(C)(C)O2)OC1(C)C.CC1(C)OB(c2cc(Br)cc(C#N)c2)OC1(C)C.N#Cc1cccc(Br)c1. The fraction of sp³-hybridized carbons (Fsp3) is 0.562. The highest BCUT2D eigenvalue weighted by atomic mass is 79.9. The van der Waals surface area contributed by atoms with Gasteiger partial charge >= 0.3 is 21.1 Å². The van der Waals surface area contributed by atoms with Crippen LogP contribution in [0.1, 0.15) is 94.2 Å². The Morgan fingerprint density at radius 1 is 0.511 bits per heavy atom. The summed E-state index contributed by atoms with van der Waals surface area (Å²) in [5.74, 6) is 0. The van der Waals surface area contributed by atoms with E-state index in [-0.39, 0.29) is 33.6 Å². The van der Waals surface area contributed by atoms with E-state index < -0.39 is 21.1 Å². The molecule has 2 aromatic rings. The van der Waals surface area contributed by atoms with Gasteiger partial charge in [-0.1, -0.05) is 37.9 Å². The van der Waals surface area contributed by atoms with Gasteiger partial charge in [0.15, 0.2) is 0 Å². The molecule has 0 spiro atoms. The maximum atomic E-state index is 8.98. The number of nitriles is 2. The van der Waals surface area contributed by atoms with E-state index in [1.165, 1.54) is 0 Å². The minimum absolute atomic E-state index is 0.360. The zero-order valence-electron chi connectivity index (χ0n) is 28.4. The number of halogens is 2. The summed E-state index contributed by atoms with van der Waals surface area (Å²) in [6.07, 6.45) is 0. The van der Waals surface area contributed by atoms with Crippen LogP contribution in [0.15, 0.2) is 51.4 Å². The summed E-state index contributed by atoms with van der Waals surface area (Å²) in [5.41, 5.74) is -0.0389. The van der Waals surface area contributed by atoms with E-state index in [9.17, 15) is 0 Å². The smallest absolute Gasteiger partial charge is 0.405 e. The Balaban J connectivity index is 0.000000195. The van der Waals surface area contributed by atoms with Gasteiger partial charge in [0, 0.05) is 8.95 Å². The van der Waals surface area contributed by atoms with E-state index >= 15 is 0 Å². The van der Waals surface area contributed by atoms with Crippen molar-refractivity contribution in [1.29, 1.82) is 10.5 Å². The van der Waals surface area contributed by atoms with Crippen LogP contribution in [-0.2, 0) is 27.9 Å². The van der Waals surface area contributed by atoms with Crippen LogP contribution in [0, 0.1) is 22.7 Å². The highest BCUT2D eigenvalue weighted by molar-refractivity contribution is 9.10. The molecule has 3 saturated heterocycles. The van der Waals surface area contributed by atoms with E-state index in [0.29, 0.717) is 11.1 Å². The Bertz CT molecular complexity index is 1390. The molecule has 0 unspecified atom stereocenters. The molecule has 0 radical (unpaired) electrons. The lowest BCUT2D eigenvalue weighted by molar-refractivity contribution is 0.00578. The zero-order chi connectivity index (χ0) is 34.2. The molecule has 0 aromatic heterocycles. The fourth-order valence-corrected chi connectivity index (χ4v) is 5.26. The second kappa shape index (κ2) is 13.4. The summed E-state index contributed by atoms with van der Waals surface area (Å²) in [6, 6.07) is 16.9. The molecule has 3 fully saturated rings. The maximum absolute atomic E-state index is 8.98. The molecule has 0 atom stereocenters. The molecule has 3 aliphatic rings. The molecule has 0 bridgehead atoms. The third kappa shape index (κ3) is 8.63. The number of nitrogens with zero attached hydrogens (tertiary/aromatic N) is 2. The molecular weight excluding hydrogens is 701 g/mol. The summed E-state index contributed by atoms with van der Waals surface area (Å²) in [6.45, 7) is 24.2. The quantitative estimate of drug-likeness (QED) is 0.298. The first-order valence-electron chi connectivity index (χ1n) is 14.9. The monoisotopic (exact) mass is 742 g/mol. The van der Waals surface area contributed by atoms with Gasteiger partial charge in [-0.25, -0.2) is 0 Å². The van der Waals surface area contributed by atoms with E-state index in [1.807, 2.05) is 107 Å². The van der Waals surface area contributed by atoms with E-state index in [0.717, 1.165) is 14.4 Å². The van der Waals surface area contributed by atoms with Crippen LogP contribution in [0.4, 0.5) is 0 Å². The Kier molecular flexibility index (Phi) is 11.3. The van der Waals surface area contributed by atoms with Crippen molar-refractivity contribution in [2.45, 2.75) is 117 Å². The molecule has 13 heteroatoms. The minimum atomic E-state index is -0.476. The number of hydrogen-bond acceptors (Lipinski definition) is 8. The van der Waals surface area contributed by atoms with Gasteiger partial charge in [-0.3, -0.25) is 0 Å². The molecule has 45 heavy (non-hydrogen) atoms. The van der Waals surface area contributed by atoms with Crippen LogP contribution >= 0.6 is 31.9 Å². The van der Waals surface area contributed by atoms with Crippen LogP contribution in [0.2, 0.25) is 0 Å². The lowest BCUT2D eigenvalue weighted by Crippen LogP contribution is -2.41. The van der Waals surface area contributed by atoms with Crippen LogP contribution in [0.5, 0.6) is 0 Å². The number of rotatable bonds is 2. The second-order valence-corrected chi connectivity index (χ2v) is 16.2. The highest BCUT2D eigenvalue weighted by Crippen LogP contribution is 2.43. The fourth-order valence-electron chi connectivity index (χ4n) is 4.35. The van der Waals surface area contributed by atoms with Crippen molar-refractivity contribution in [1.82, 2.24) is 0 Å². The lowest BCUT2D eigenvalue weighted by atomic mass is 9.49. The van der Waals surface area contributed by atoms with Gasteiger partial charge in [-0.15, -0.1) is 0 Å². The molecule has 0 saturated carbocycles. The molecule has 0 N–H and O–H groups in total. The summed E-state index contributed by atoms with van der Waals surface area (Å²) in [5, 5.41) is 17.4. The average Bonchev–Trinajstić information content (AvgIpc) is 3.38. The number of benzene rings is 2. The molecule has 3 aliphatic heterocycles. The van der Waals surface area contributed by atoms with Crippen LogP contribution < -0.4 is 5.46 Å². The van der Waals surface area contributed by atoms with Crippen molar-refractivity contribution in [3.8, 4) is 12.1 Å². The molecule has 8 nitrogen and oxygen atoms in total. The number of hydrogen-bond donors (Lipinski definition) is 0. The molecule has 0 amide bonds. The standard InChI is InChI=1S/C13H15BBrNO2.C12H24B2O4.C7H4BrN/c1-12(2)13(3,4)18-14(17-12)10-5-9(8-16)6-11(15)7-10;1-9(2)10(3,4)16-13(15-9)14-17-11(5,6)12(7,8)18-14;8-7-3-1-2-6(4-7)5-9/h5-7H,1-4H3;1-8H3;1-4H. The van der Waals surface area contributed by atoms with E-state index in [4.69, 9.17) is 38.4 Å². The first-order valence-corrected chi connectivity index (χ1v) is 16.5. The van der Waals surface area contributed by atoms with Crippen molar-refractivity contribution in [2.75, 3.05) is 0 Å². The Hall–Kier alpha value is -1.67. The predicted molar refractivity (Wildman–Crippen MR) is 186 cm³/mol. The van der Waals surface area contributed by atoms with Gasteiger partial charge in [0.05, 0.1) is 56.9 Å². The summed E-state index contributed by atoms with van der Waals surface area (Å²) < 4.78 is 37.6. The van der Waals surface area contributed by atoms with Crippen molar-refractivity contribution >= 4 is 58.5 Å². The Labute approximate surface area is 287 Å². The van der Waals surface area contributed by atoms with Gasteiger partial charge in [0.2, 0.25) is 0 Å². The third-order valence-corrected chi connectivity index (χ3v) is 10.2. The van der Waals surface area contributed by atoms with Gasteiger partial charge in [0.25, 0.3) is 0 Å². The minimum Gasteiger partial charge on any atom is -0.405 e. The van der Waals surface area contributed by atoms with Crippen LogP contribution in [0.25, 0.3) is 0 Å². The topological polar surface area (TPSA) is 103 Å². The molecule has 5 rings (SSSR count). The molecule has 3 heterocycles. The van der Waals surface area contributed by atoms with Gasteiger partial charge in [0.1, 0.15) is 0 Å². The van der Waals surface area contributed by atoms with E-state index in [1.54, 1.807) is 24.3 Å². The zero-order valence-corrected chi connectivity index (χ0v) is 31.5. The largest absolute Gasteiger partial charge is 0.494 e. The summed E-state index contributed by atoms with van der Waals surface area (Å²) in [7, 11) is -1.38. The van der Waals surface area contributed by atoms with Crippen LogP contribution in [0.3, 0.4) is 0 Å². The van der Waals surface area contributed by atoms with Crippen molar-refractivity contribution in [3.05, 3.63) is 62.5 Å². The predicted octanol–water partition coefficient (Wildman–Crippen LogP) is 7.19. The first-order chi connectivity index (χ1) is 20.5.